The Morgan fingerprint density at radius 3 is 2.43 bits per heavy atom. The van der Waals surface area contributed by atoms with E-state index in [1.807, 2.05) is 62.5 Å². The third-order valence-corrected chi connectivity index (χ3v) is 8.83. The number of amides is 1. The van der Waals surface area contributed by atoms with Gasteiger partial charge in [-0.15, -0.1) is 0 Å². The van der Waals surface area contributed by atoms with Crippen LogP contribution in [0.4, 0.5) is 5.69 Å². The Morgan fingerprint density at radius 2 is 1.68 bits per heavy atom. The summed E-state index contributed by atoms with van der Waals surface area (Å²) >= 11 is 0. The largest absolute Gasteiger partial charge is 0.495 e. The zero-order chi connectivity index (χ0) is 26.2. The van der Waals surface area contributed by atoms with E-state index in [4.69, 9.17) is 4.74 Å². The highest BCUT2D eigenvalue weighted by molar-refractivity contribution is 7.90. The minimum absolute atomic E-state index is 0.140. The molecule has 5 rings (SSSR count). The summed E-state index contributed by atoms with van der Waals surface area (Å²) in [5.41, 5.74) is 4.84. The molecule has 0 saturated carbocycles. The van der Waals surface area contributed by atoms with Crippen molar-refractivity contribution < 1.29 is 17.9 Å². The number of aryl methyl sites for hydroxylation is 2. The fraction of sp³-hybridized carbons (Fsp3) is 0.276. The van der Waals surface area contributed by atoms with E-state index in [2.05, 4.69) is 9.88 Å². The second-order valence-corrected chi connectivity index (χ2v) is 11.5. The van der Waals surface area contributed by atoms with Gasteiger partial charge in [0.25, 0.3) is 5.91 Å². The first-order valence-corrected chi connectivity index (χ1v) is 14.0. The summed E-state index contributed by atoms with van der Waals surface area (Å²) in [7, 11) is -2.01. The van der Waals surface area contributed by atoms with Crippen LogP contribution in [0.2, 0.25) is 0 Å². The third kappa shape index (κ3) is 4.81. The van der Waals surface area contributed by atoms with Gasteiger partial charge in [0.15, 0.2) is 9.84 Å². The van der Waals surface area contributed by atoms with Crippen LogP contribution in [0.5, 0.6) is 5.75 Å². The number of nitrogens with zero attached hydrogens (tertiary/aromatic N) is 2. The van der Waals surface area contributed by atoms with Crippen LogP contribution in [0.3, 0.4) is 0 Å². The molecular formula is C29H31N3O4S. The fourth-order valence-corrected chi connectivity index (χ4v) is 6.40. The quantitative estimate of drug-likeness (QED) is 0.400. The van der Waals surface area contributed by atoms with E-state index >= 15 is 0 Å². The van der Waals surface area contributed by atoms with Gasteiger partial charge in [-0.05, 0) is 60.9 Å². The van der Waals surface area contributed by atoms with Gasteiger partial charge in [-0.3, -0.25) is 4.79 Å². The highest BCUT2D eigenvalue weighted by atomic mass is 32.2. The van der Waals surface area contributed by atoms with Crippen LogP contribution in [0, 0.1) is 13.8 Å². The predicted molar refractivity (Wildman–Crippen MR) is 146 cm³/mol. The van der Waals surface area contributed by atoms with Crippen molar-refractivity contribution in [1.29, 1.82) is 0 Å². The maximum atomic E-state index is 13.5. The van der Waals surface area contributed by atoms with Gasteiger partial charge >= 0.3 is 0 Å². The molecule has 0 aliphatic carbocycles. The summed E-state index contributed by atoms with van der Waals surface area (Å²) in [5, 5.41) is 1.01. The van der Waals surface area contributed by atoms with Crippen LogP contribution in [-0.4, -0.2) is 57.5 Å². The van der Waals surface area contributed by atoms with Crippen LogP contribution < -0.4 is 9.64 Å². The molecule has 2 heterocycles. The number of carbonyl (C=O) groups excluding carboxylic acids is 1. The van der Waals surface area contributed by atoms with Crippen LogP contribution in [-0.2, 0) is 15.6 Å². The number of ether oxygens (including phenoxy) is 1. The van der Waals surface area contributed by atoms with E-state index in [9.17, 15) is 13.2 Å². The monoisotopic (exact) mass is 517 g/mol. The molecule has 7 nitrogen and oxygen atoms in total. The molecule has 4 aromatic rings. The van der Waals surface area contributed by atoms with Crippen LogP contribution in [0.25, 0.3) is 10.9 Å². The first kappa shape index (κ1) is 24.9. The number of fused-ring (bicyclic) bond motifs is 1. The molecule has 0 atom stereocenters. The van der Waals surface area contributed by atoms with Crippen molar-refractivity contribution in [3.05, 3.63) is 89.1 Å². The summed E-state index contributed by atoms with van der Waals surface area (Å²) in [4.78, 5) is 20.8. The Kier molecular flexibility index (Phi) is 6.69. The zero-order valence-electron chi connectivity index (χ0n) is 21.3. The van der Waals surface area contributed by atoms with Crippen molar-refractivity contribution in [2.45, 2.75) is 24.5 Å². The van der Waals surface area contributed by atoms with Gasteiger partial charge in [0.1, 0.15) is 5.75 Å². The van der Waals surface area contributed by atoms with Gasteiger partial charge in [0.2, 0.25) is 0 Å². The van der Waals surface area contributed by atoms with Gasteiger partial charge in [-0.25, -0.2) is 8.42 Å². The minimum atomic E-state index is -3.66. The van der Waals surface area contributed by atoms with Crippen molar-refractivity contribution in [2.75, 3.05) is 38.2 Å². The molecule has 8 heteroatoms. The van der Waals surface area contributed by atoms with Gasteiger partial charge in [-0.2, -0.15) is 0 Å². The Balaban J connectivity index is 1.35. The molecule has 1 saturated heterocycles. The highest BCUT2D eigenvalue weighted by Crippen LogP contribution is 2.29. The molecule has 1 N–H and O–H groups in total. The number of methoxy groups -OCH3 is 1. The summed E-state index contributed by atoms with van der Waals surface area (Å²) in [5.74, 6) is 0.524. The molecule has 0 radical (unpaired) electrons. The maximum absolute atomic E-state index is 13.5. The number of hydrogen-bond acceptors (Lipinski definition) is 5. The second-order valence-electron chi connectivity index (χ2n) is 9.49. The molecule has 0 unspecified atom stereocenters. The lowest BCUT2D eigenvalue weighted by atomic mass is 10.1. The summed E-state index contributed by atoms with van der Waals surface area (Å²) in [6, 6.07) is 18.5. The zero-order valence-corrected chi connectivity index (χ0v) is 22.1. The fourth-order valence-electron chi connectivity index (χ4n) is 5.01. The van der Waals surface area contributed by atoms with Crippen molar-refractivity contribution in [3.8, 4) is 5.75 Å². The Bertz CT molecular complexity index is 1570. The van der Waals surface area contributed by atoms with Crippen molar-refractivity contribution in [3.63, 3.8) is 0 Å². The molecule has 1 aliphatic rings. The second kappa shape index (κ2) is 9.94. The molecule has 0 spiro atoms. The normalized spacial score (nSPS) is 14.2. The molecular weight excluding hydrogens is 486 g/mol. The summed E-state index contributed by atoms with van der Waals surface area (Å²) in [6.45, 7) is 6.27. The number of nitrogens with one attached hydrogen (secondary N) is 1. The standard InChI is InChI=1S/C29H31N3O4S/c1-20-8-10-22(28-24(20)12-13-30-28)19-37(34,35)23-11-9-21(2)25(18-23)29(33)32-16-14-31(15-17-32)26-6-4-5-7-27(26)36-3/h4-13,18,30H,14-17,19H2,1-3H3. The Morgan fingerprint density at radius 1 is 0.946 bits per heavy atom. The lowest BCUT2D eigenvalue weighted by molar-refractivity contribution is 0.0745. The molecule has 37 heavy (non-hydrogen) atoms. The molecule has 1 aromatic heterocycles. The van der Waals surface area contributed by atoms with Crippen LogP contribution >= 0.6 is 0 Å². The maximum Gasteiger partial charge on any atom is 0.254 e. The number of carbonyl (C=O) groups is 1. The van der Waals surface area contributed by atoms with Crippen molar-refractivity contribution >= 4 is 32.3 Å². The average molecular weight is 518 g/mol. The van der Waals surface area contributed by atoms with E-state index in [-0.39, 0.29) is 16.6 Å². The molecule has 1 aliphatic heterocycles. The number of aromatic nitrogens is 1. The molecule has 192 valence electrons. The summed E-state index contributed by atoms with van der Waals surface area (Å²) < 4.78 is 32.3. The number of rotatable bonds is 6. The Labute approximate surface area is 217 Å². The lowest BCUT2D eigenvalue weighted by Crippen LogP contribution is -2.49. The van der Waals surface area contributed by atoms with E-state index in [1.54, 1.807) is 30.2 Å². The first-order chi connectivity index (χ1) is 17.8. The number of hydrogen-bond donors (Lipinski definition) is 1. The number of sulfone groups is 1. The van der Waals surface area contributed by atoms with Gasteiger partial charge < -0.3 is 19.5 Å². The molecule has 0 bridgehead atoms. The summed E-state index contributed by atoms with van der Waals surface area (Å²) in [6.07, 6.45) is 1.82. The average Bonchev–Trinajstić information content (AvgIpc) is 3.41. The molecule has 1 amide bonds. The molecule has 1 fully saturated rings. The van der Waals surface area contributed by atoms with Crippen LogP contribution in [0.15, 0.2) is 71.8 Å². The topological polar surface area (TPSA) is 82.7 Å². The lowest BCUT2D eigenvalue weighted by Gasteiger charge is -2.36. The van der Waals surface area contributed by atoms with E-state index in [1.165, 1.54) is 0 Å². The predicted octanol–water partition coefficient (Wildman–Crippen LogP) is 4.73. The van der Waals surface area contributed by atoms with Gasteiger partial charge in [0.05, 0.1) is 23.4 Å². The number of para-hydroxylation sites is 2. The number of benzene rings is 3. The van der Waals surface area contributed by atoms with E-state index in [0.29, 0.717) is 37.3 Å². The number of H-pyrrole nitrogens is 1. The molecule has 3 aromatic carbocycles. The van der Waals surface area contributed by atoms with E-state index < -0.39 is 9.84 Å². The number of aromatic amines is 1. The number of piperazine rings is 1. The van der Waals surface area contributed by atoms with Crippen LogP contribution in [0.1, 0.15) is 27.0 Å². The van der Waals surface area contributed by atoms with Gasteiger partial charge in [-0.1, -0.05) is 30.3 Å². The van der Waals surface area contributed by atoms with Crippen molar-refractivity contribution in [1.82, 2.24) is 9.88 Å². The number of anilines is 1. The Hall–Kier alpha value is -3.78. The first-order valence-electron chi connectivity index (χ1n) is 12.3. The minimum Gasteiger partial charge on any atom is -0.495 e. The SMILES string of the molecule is COc1ccccc1N1CCN(C(=O)c2cc(S(=O)(=O)Cc3ccc(C)c4cc[nH]c34)ccc2C)CC1. The smallest absolute Gasteiger partial charge is 0.254 e. The van der Waals surface area contributed by atoms with Crippen molar-refractivity contribution in [2.24, 2.45) is 0 Å². The highest BCUT2D eigenvalue weighted by Gasteiger charge is 2.26. The van der Waals surface area contributed by atoms with Gasteiger partial charge in [0, 0.05) is 48.8 Å². The van der Waals surface area contributed by atoms with E-state index in [0.717, 1.165) is 33.5 Å². The third-order valence-electron chi connectivity index (χ3n) is 7.16.